The lowest BCUT2D eigenvalue weighted by Crippen LogP contribution is -2.49. The molecule has 2 amide bonds. The summed E-state index contributed by atoms with van der Waals surface area (Å²) < 4.78 is 25.7. The first kappa shape index (κ1) is 22.4. The lowest BCUT2D eigenvalue weighted by atomic mass is 10.0. The van der Waals surface area contributed by atoms with Crippen LogP contribution in [-0.4, -0.2) is 49.4 Å². The van der Waals surface area contributed by atoms with Crippen molar-refractivity contribution in [1.82, 2.24) is 9.62 Å². The molecule has 1 heterocycles. The van der Waals surface area contributed by atoms with Crippen molar-refractivity contribution >= 4 is 27.5 Å². The van der Waals surface area contributed by atoms with E-state index >= 15 is 0 Å². The molecule has 1 aromatic rings. The van der Waals surface area contributed by atoms with Crippen molar-refractivity contribution in [3.8, 4) is 0 Å². The molecule has 156 valence electrons. The highest BCUT2D eigenvalue weighted by molar-refractivity contribution is 7.89. The zero-order valence-corrected chi connectivity index (χ0v) is 17.8. The van der Waals surface area contributed by atoms with Gasteiger partial charge in [-0.05, 0) is 43.2 Å². The van der Waals surface area contributed by atoms with Crippen LogP contribution in [0, 0.1) is 0 Å². The summed E-state index contributed by atoms with van der Waals surface area (Å²) in [4.78, 5) is 24.7. The SMILES string of the molecule is CCCS(=O)(=O)N1CCC(NC(=O)C(=O)Nc2c(CC)cccc2CC)CC1. The Labute approximate surface area is 167 Å². The van der Waals surface area contributed by atoms with E-state index in [1.165, 1.54) is 4.31 Å². The van der Waals surface area contributed by atoms with Crippen LogP contribution in [0.4, 0.5) is 5.69 Å². The van der Waals surface area contributed by atoms with Gasteiger partial charge in [-0.15, -0.1) is 0 Å². The largest absolute Gasteiger partial charge is 0.345 e. The molecule has 0 atom stereocenters. The summed E-state index contributed by atoms with van der Waals surface area (Å²) in [7, 11) is -3.22. The number of rotatable bonds is 7. The molecule has 28 heavy (non-hydrogen) atoms. The van der Waals surface area contributed by atoms with Crippen molar-refractivity contribution in [2.24, 2.45) is 0 Å². The fraction of sp³-hybridized carbons (Fsp3) is 0.600. The Balaban J connectivity index is 1.93. The lowest BCUT2D eigenvalue weighted by molar-refractivity contribution is -0.136. The highest BCUT2D eigenvalue weighted by Gasteiger charge is 2.29. The molecule has 1 aliphatic rings. The Bertz CT molecular complexity index is 777. The van der Waals surface area contributed by atoms with Crippen molar-refractivity contribution < 1.29 is 18.0 Å². The molecule has 0 saturated carbocycles. The van der Waals surface area contributed by atoms with E-state index in [1.807, 2.05) is 39.0 Å². The number of hydrogen-bond donors (Lipinski definition) is 2. The van der Waals surface area contributed by atoms with Crippen LogP contribution in [0.5, 0.6) is 0 Å². The number of sulfonamides is 1. The molecule has 1 aliphatic heterocycles. The second-order valence-corrected chi connectivity index (χ2v) is 9.16. The van der Waals surface area contributed by atoms with Crippen molar-refractivity contribution in [3.63, 3.8) is 0 Å². The van der Waals surface area contributed by atoms with Gasteiger partial charge in [-0.3, -0.25) is 9.59 Å². The van der Waals surface area contributed by atoms with Gasteiger partial charge in [0.1, 0.15) is 0 Å². The molecule has 1 aromatic carbocycles. The Morgan fingerprint density at radius 2 is 1.61 bits per heavy atom. The Kier molecular flexibility index (Phi) is 8.00. The van der Waals surface area contributed by atoms with E-state index in [0.29, 0.717) is 38.0 Å². The minimum atomic E-state index is -3.22. The van der Waals surface area contributed by atoms with E-state index in [-0.39, 0.29) is 11.8 Å². The summed E-state index contributed by atoms with van der Waals surface area (Å²) in [5, 5.41) is 5.51. The van der Waals surface area contributed by atoms with Gasteiger partial charge in [-0.2, -0.15) is 0 Å². The minimum Gasteiger partial charge on any atom is -0.345 e. The number of hydrogen-bond acceptors (Lipinski definition) is 4. The predicted octanol–water partition coefficient (Wildman–Crippen LogP) is 2.07. The molecule has 1 fully saturated rings. The number of aryl methyl sites for hydroxylation is 2. The van der Waals surface area contributed by atoms with Gasteiger partial charge in [0.2, 0.25) is 10.0 Å². The molecule has 0 aromatic heterocycles. The first-order chi connectivity index (χ1) is 13.3. The summed E-state index contributed by atoms with van der Waals surface area (Å²) in [6.45, 7) is 6.58. The molecule has 0 bridgehead atoms. The second kappa shape index (κ2) is 10.0. The Morgan fingerprint density at radius 3 is 2.11 bits per heavy atom. The van der Waals surface area contributed by atoms with Crippen LogP contribution in [0.25, 0.3) is 0 Å². The maximum absolute atomic E-state index is 12.4. The van der Waals surface area contributed by atoms with Crippen molar-refractivity contribution in [1.29, 1.82) is 0 Å². The third-order valence-corrected chi connectivity index (χ3v) is 7.16. The van der Waals surface area contributed by atoms with Crippen LogP contribution in [0.3, 0.4) is 0 Å². The summed E-state index contributed by atoms with van der Waals surface area (Å²) in [6.07, 6.45) is 3.12. The predicted molar refractivity (Wildman–Crippen MR) is 111 cm³/mol. The van der Waals surface area contributed by atoms with Crippen LogP contribution in [0.1, 0.15) is 51.2 Å². The molecule has 1 saturated heterocycles. The first-order valence-corrected chi connectivity index (χ1v) is 11.6. The van der Waals surface area contributed by atoms with Gasteiger partial charge in [-0.1, -0.05) is 39.0 Å². The smallest absolute Gasteiger partial charge is 0.313 e. The highest BCUT2D eigenvalue weighted by atomic mass is 32.2. The number of benzene rings is 1. The normalized spacial score (nSPS) is 16.0. The number of para-hydroxylation sites is 1. The van der Waals surface area contributed by atoms with Crippen LogP contribution in [-0.2, 0) is 32.5 Å². The standard InChI is InChI=1S/C20H31N3O4S/c1-4-14-28(26,27)23-12-10-17(11-13-23)21-19(24)20(25)22-18-15(5-2)8-7-9-16(18)6-3/h7-9,17H,4-6,10-14H2,1-3H3,(H,21,24)(H,22,25). The van der Waals surface area contributed by atoms with E-state index in [4.69, 9.17) is 0 Å². The number of amides is 2. The van der Waals surface area contributed by atoms with Gasteiger partial charge in [0.25, 0.3) is 0 Å². The maximum Gasteiger partial charge on any atom is 0.313 e. The van der Waals surface area contributed by atoms with Gasteiger partial charge < -0.3 is 10.6 Å². The summed E-state index contributed by atoms with van der Waals surface area (Å²) >= 11 is 0. The van der Waals surface area contributed by atoms with Gasteiger partial charge in [0.15, 0.2) is 0 Å². The summed E-state index contributed by atoms with van der Waals surface area (Å²) in [5.41, 5.74) is 2.71. The number of piperidine rings is 1. The van der Waals surface area contributed by atoms with Crippen molar-refractivity contribution in [2.75, 3.05) is 24.2 Å². The number of nitrogens with zero attached hydrogens (tertiary/aromatic N) is 1. The fourth-order valence-electron chi connectivity index (χ4n) is 3.49. The van der Waals surface area contributed by atoms with Crippen LogP contribution < -0.4 is 10.6 Å². The zero-order chi connectivity index (χ0) is 20.7. The van der Waals surface area contributed by atoms with Crippen molar-refractivity contribution in [2.45, 2.75) is 58.9 Å². The molecule has 7 nitrogen and oxygen atoms in total. The van der Waals surface area contributed by atoms with Gasteiger partial charge in [-0.25, -0.2) is 12.7 Å². The molecular weight excluding hydrogens is 378 g/mol. The maximum atomic E-state index is 12.4. The van der Waals surface area contributed by atoms with E-state index in [0.717, 1.165) is 24.0 Å². The molecular formula is C20H31N3O4S. The highest BCUT2D eigenvalue weighted by Crippen LogP contribution is 2.22. The summed E-state index contributed by atoms with van der Waals surface area (Å²) in [6, 6.07) is 5.64. The van der Waals surface area contributed by atoms with Gasteiger partial charge >= 0.3 is 11.8 Å². The molecule has 0 radical (unpaired) electrons. The summed E-state index contributed by atoms with van der Waals surface area (Å²) in [5.74, 6) is -1.22. The second-order valence-electron chi connectivity index (χ2n) is 7.08. The minimum absolute atomic E-state index is 0.142. The molecule has 0 unspecified atom stereocenters. The number of carbonyl (C=O) groups excluding carboxylic acids is 2. The van der Waals surface area contributed by atoms with E-state index in [2.05, 4.69) is 10.6 Å². The van der Waals surface area contributed by atoms with Gasteiger partial charge in [0, 0.05) is 24.8 Å². The van der Waals surface area contributed by atoms with Crippen LogP contribution in [0.2, 0.25) is 0 Å². The Hall–Kier alpha value is -1.93. The molecule has 8 heteroatoms. The number of carbonyl (C=O) groups is 2. The van der Waals surface area contributed by atoms with E-state index < -0.39 is 21.8 Å². The van der Waals surface area contributed by atoms with E-state index in [9.17, 15) is 18.0 Å². The third kappa shape index (κ3) is 5.54. The quantitative estimate of drug-likeness (QED) is 0.674. The van der Waals surface area contributed by atoms with Crippen molar-refractivity contribution in [3.05, 3.63) is 29.3 Å². The fourth-order valence-corrected chi connectivity index (χ4v) is 5.03. The molecule has 0 spiro atoms. The molecule has 0 aliphatic carbocycles. The topological polar surface area (TPSA) is 95.6 Å². The number of nitrogens with one attached hydrogen (secondary N) is 2. The molecule has 2 rings (SSSR count). The Morgan fingerprint density at radius 1 is 1.04 bits per heavy atom. The molecule has 2 N–H and O–H groups in total. The monoisotopic (exact) mass is 409 g/mol. The average Bonchev–Trinajstić information content (AvgIpc) is 2.68. The average molecular weight is 410 g/mol. The number of anilines is 1. The third-order valence-electron chi connectivity index (χ3n) is 5.09. The van der Waals surface area contributed by atoms with Crippen LogP contribution in [0.15, 0.2) is 18.2 Å². The zero-order valence-electron chi connectivity index (χ0n) is 17.0. The first-order valence-electron chi connectivity index (χ1n) is 10.0. The van der Waals surface area contributed by atoms with E-state index in [1.54, 1.807) is 0 Å². The van der Waals surface area contributed by atoms with Gasteiger partial charge in [0.05, 0.1) is 5.75 Å². The lowest BCUT2D eigenvalue weighted by Gasteiger charge is -2.31. The van der Waals surface area contributed by atoms with Crippen LogP contribution >= 0.6 is 0 Å².